The summed E-state index contributed by atoms with van der Waals surface area (Å²) in [5, 5.41) is 8.49. The van der Waals surface area contributed by atoms with E-state index >= 15 is 0 Å². The van der Waals surface area contributed by atoms with E-state index in [1.54, 1.807) is 6.92 Å². The Balaban J connectivity index is 1.84. The number of thiophene rings is 1. The lowest BCUT2D eigenvalue weighted by molar-refractivity contribution is -0.144. The van der Waals surface area contributed by atoms with Gasteiger partial charge in [-0.2, -0.15) is 5.10 Å². The molecule has 2 aromatic heterocycles. The summed E-state index contributed by atoms with van der Waals surface area (Å²) in [6.45, 7) is 1.90. The van der Waals surface area contributed by atoms with E-state index in [1.165, 1.54) is 11.3 Å². The number of aromatic amines is 1. The predicted octanol–water partition coefficient (Wildman–Crippen LogP) is 2.22. The number of carbonyl (C=O) groups is 1. The van der Waals surface area contributed by atoms with Gasteiger partial charge < -0.3 is 4.74 Å². The Morgan fingerprint density at radius 2 is 2.47 bits per heavy atom. The second-order valence-electron chi connectivity index (χ2n) is 3.37. The lowest BCUT2D eigenvalue weighted by Crippen LogP contribution is -2.08. The molecule has 5 nitrogen and oxygen atoms in total. The molecule has 1 N–H and O–H groups in total. The number of rotatable bonds is 4. The lowest BCUT2D eigenvalue weighted by Gasteiger charge is -2.01. The fraction of sp³-hybridized carbons (Fsp3) is 0.300. The van der Waals surface area contributed by atoms with Gasteiger partial charge in [-0.05, 0) is 34.3 Å². The number of H-pyrrole nitrogens is 1. The van der Waals surface area contributed by atoms with Crippen LogP contribution in [0.4, 0.5) is 0 Å². The number of aryl methyl sites for hydroxylation is 1. The Kier molecular flexibility index (Phi) is 3.90. The normalized spacial score (nSPS) is 10.5. The maximum absolute atomic E-state index is 11.5. The molecule has 0 radical (unpaired) electrons. The van der Waals surface area contributed by atoms with Crippen molar-refractivity contribution in [2.45, 2.75) is 20.0 Å². The maximum atomic E-state index is 11.5. The van der Waals surface area contributed by atoms with Crippen molar-refractivity contribution < 1.29 is 9.53 Å². The first-order valence-electron chi connectivity index (χ1n) is 4.90. The van der Waals surface area contributed by atoms with Crippen LogP contribution in [0.2, 0.25) is 0 Å². The fourth-order valence-electron chi connectivity index (χ4n) is 1.23. The van der Waals surface area contributed by atoms with E-state index in [-0.39, 0.29) is 19.0 Å². The minimum Gasteiger partial charge on any atom is -0.457 e. The van der Waals surface area contributed by atoms with Gasteiger partial charge in [0.1, 0.15) is 5.82 Å². The number of hydrogen-bond acceptors (Lipinski definition) is 5. The van der Waals surface area contributed by atoms with Gasteiger partial charge in [0.25, 0.3) is 0 Å². The Hall–Kier alpha value is -1.21. The van der Waals surface area contributed by atoms with Crippen LogP contribution in [0.15, 0.2) is 15.9 Å². The van der Waals surface area contributed by atoms with Crippen molar-refractivity contribution in [2.24, 2.45) is 0 Å². The number of halogens is 1. The lowest BCUT2D eigenvalue weighted by atomic mass is 10.3. The molecule has 0 saturated heterocycles. The number of aromatic nitrogens is 3. The highest BCUT2D eigenvalue weighted by Gasteiger charge is 2.10. The number of nitrogens with zero attached hydrogens (tertiary/aromatic N) is 2. The Morgan fingerprint density at radius 3 is 3.06 bits per heavy atom. The van der Waals surface area contributed by atoms with Crippen molar-refractivity contribution in [1.29, 1.82) is 0 Å². The summed E-state index contributed by atoms with van der Waals surface area (Å²) >= 11 is 4.89. The molecule has 0 aliphatic heterocycles. The summed E-state index contributed by atoms with van der Waals surface area (Å²) < 4.78 is 6.01. The van der Waals surface area contributed by atoms with Gasteiger partial charge in [0.15, 0.2) is 12.4 Å². The third-order valence-electron chi connectivity index (χ3n) is 2.00. The number of carbonyl (C=O) groups excluding carboxylic acids is 1. The smallest absolute Gasteiger partial charge is 0.311 e. The number of esters is 1. The van der Waals surface area contributed by atoms with Gasteiger partial charge in [-0.3, -0.25) is 9.89 Å². The third-order valence-corrected chi connectivity index (χ3v) is 3.93. The standard InChI is InChI=1S/C10H10BrN3O2S/c1-6-12-9(14-13-6)5-16-10(15)4-8-7(11)2-3-17-8/h2-3H,4-5H2,1H3,(H,12,13,14). The van der Waals surface area contributed by atoms with Gasteiger partial charge >= 0.3 is 5.97 Å². The molecule has 7 heteroatoms. The van der Waals surface area contributed by atoms with Gasteiger partial charge in [0.05, 0.1) is 6.42 Å². The van der Waals surface area contributed by atoms with Crippen molar-refractivity contribution in [3.05, 3.63) is 32.4 Å². The Bertz CT molecular complexity index is 523. The van der Waals surface area contributed by atoms with Crippen LogP contribution >= 0.6 is 27.3 Å². The Morgan fingerprint density at radius 1 is 1.65 bits per heavy atom. The topological polar surface area (TPSA) is 67.9 Å². The first-order chi connectivity index (χ1) is 8.15. The summed E-state index contributed by atoms with van der Waals surface area (Å²) in [6.07, 6.45) is 0.266. The molecule has 2 rings (SSSR count). The SMILES string of the molecule is Cc1nc(COC(=O)Cc2sccc2Br)n[nH]1. The predicted molar refractivity (Wildman–Crippen MR) is 66.6 cm³/mol. The second-order valence-corrected chi connectivity index (χ2v) is 5.22. The van der Waals surface area contributed by atoms with Crippen molar-refractivity contribution >= 4 is 33.2 Å². The monoisotopic (exact) mass is 315 g/mol. The first-order valence-corrected chi connectivity index (χ1v) is 6.58. The minimum atomic E-state index is -0.282. The van der Waals surface area contributed by atoms with E-state index in [0.717, 1.165) is 9.35 Å². The number of nitrogens with one attached hydrogen (secondary N) is 1. The molecule has 0 aliphatic rings. The quantitative estimate of drug-likeness (QED) is 0.878. The van der Waals surface area contributed by atoms with Gasteiger partial charge in [0.2, 0.25) is 0 Å². The molecule has 0 atom stereocenters. The molecule has 17 heavy (non-hydrogen) atoms. The summed E-state index contributed by atoms with van der Waals surface area (Å²) in [5.74, 6) is 0.911. The van der Waals surface area contributed by atoms with Crippen LogP contribution < -0.4 is 0 Å². The van der Waals surface area contributed by atoms with E-state index in [2.05, 4.69) is 31.1 Å². The highest BCUT2D eigenvalue weighted by atomic mass is 79.9. The van der Waals surface area contributed by atoms with E-state index < -0.39 is 0 Å². The van der Waals surface area contributed by atoms with Crippen LogP contribution in [0.3, 0.4) is 0 Å². The molecule has 0 amide bonds. The van der Waals surface area contributed by atoms with Crippen LogP contribution in [0.5, 0.6) is 0 Å². The second kappa shape index (κ2) is 5.42. The van der Waals surface area contributed by atoms with Crippen LogP contribution in [-0.4, -0.2) is 21.2 Å². The molecule has 0 saturated carbocycles. The molecule has 2 aromatic rings. The van der Waals surface area contributed by atoms with E-state index in [1.807, 2.05) is 11.4 Å². The van der Waals surface area contributed by atoms with Gasteiger partial charge in [-0.25, -0.2) is 4.98 Å². The van der Waals surface area contributed by atoms with Crippen LogP contribution in [0, 0.1) is 6.92 Å². The average molecular weight is 316 g/mol. The van der Waals surface area contributed by atoms with Crippen LogP contribution in [0.1, 0.15) is 16.5 Å². The summed E-state index contributed by atoms with van der Waals surface area (Å²) in [6, 6.07) is 1.91. The van der Waals surface area contributed by atoms with Crippen molar-refractivity contribution in [2.75, 3.05) is 0 Å². The Labute approximate surface area is 110 Å². The highest BCUT2D eigenvalue weighted by molar-refractivity contribution is 9.10. The average Bonchev–Trinajstić information content (AvgIpc) is 2.86. The number of hydrogen-bond donors (Lipinski definition) is 1. The van der Waals surface area contributed by atoms with Crippen molar-refractivity contribution in [1.82, 2.24) is 15.2 Å². The molecule has 90 valence electrons. The molecule has 0 aromatic carbocycles. The van der Waals surface area contributed by atoms with Crippen molar-refractivity contribution in [3.8, 4) is 0 Å². The summed E-state index contributed by atoms with van der Waals surface area (Å²) in [5.41, 5.74) is 0. The summed E-state index contributed by atoms with van der Waals surface area (Å²) in [4.78, 5) is 16.5. The molecule has 0 spiro atoms. The maximum Gasteiger partial charge on any atom is 0.311 e. The molecule has 0 aliphatic carbocycles. The van der Waals surface area contributed by atoms with Crippen LogP contribution in [-0.2, 0) is 22.6 Å². The zero-order chi connectivity index (χ0) is 12.3. The molecule has 0 fully saturated rings. The van der Waals surface area contributed by atoms with Gasteiger partial charge in [-0.1, -0.05) is 0 Å². The molecular weight excluding hydrogens is 306 g/mol. The van der Waals surface area contributed by atoms with Crippen molar-refractivity contribution in [3.63, 3.8) is 0 Å². The third kappa shape index (κ3) is 3.37. The van der Waals surface area contributed by atoms with Gasteiger partial charge in [0, 0.05) is 9.35 Å². The zero-order valence-electron chi connectivity index (χ0n) is 9.07. The zero-order valence-corrected chi connectivity index (χ0v) is 11.5. The largest absolute Gasteiger partial charge is 0.457 e. The molecular formula is C10H10BrN3O2S. The van der Waals surface area contributed by atoms with E-state index in [4.69, 9.17) is 4.74 Å². The highest BCUT2D eigenvalue weighted by Crippen LogP contribution is 2.23. The molecule has 2 heterocycles. The van der Waals surface area contributed by atoms with E-state index in [0.29, 0.717) is 11.6 Å². The molecule has 0 bridgehead atoms. The molecule has 0 unspecified atom stereocenters. The van der Waals surface area contributed by atoms with Crippen LogP contribution in [0.25, 0.3) is 0 Å². The minimum absolute atomic E-state index is 0.103. The summed E-state index contributed by atoms with van der Waals surface area (Å²) in [7, 11) is 0. The van der Waals surface area contributed by atoms with E-state index in [9.17, 15) is 4.79 Å². The van der Waals surface area contributed by atoms with Gasteiger partial charge in [-0.15, -0.1) is 11.3 Å². The number of ether oxygens (including phenoxy) is 1. The first kappa shape index (κ1) is 12.3. The fourth-order valence-corrected chi connectivity index (χ4v) is 2.71.